The van der Waals surface area contributed by atoms with Gasteiger partial charge in [-0.2, -0.15) is 5.10 Å². The predicted octanol–water partition coefficient (Wildman–Crippen LogP) is 4.20. The number of aryl methyl sites for hydroxylation is 1. The van der Waals surface area contributed by atoms with Crippen molar-refractivity contribution in [1.29, 1.82) is 0 Å². The summed E-state index contributed by atoms with van der Waals surface area (Å²) in [4.78, 5) is 1.35. The van der Waals surface area contributed by atoms with Gasteiger partial charge in [-0.05, 0) is 36.0 Å². The minimum absolute atomic E-state index is 0.290. The Morgan fingerprint density at radius 3 is 2.83 bits per heavy atom. The van der Waals surface area contributed by atoms with E-state index in [4.69, 9.17) is 12.2 Å². The Morgan fingerprint density at radius 1 is 1.50 bits per heavy atom. The third-order valence-electron chi connectivity index (χ3n) is 3.00. The zero-order valence-electron chi connectivity index (χ0n) is 11.0. The maximum absolute atomic E-state index is 5.41. The van der Waals surface area contributed by atoms with Crippen LogP contribution in [0.1, 0.15) is 43.9 Å². The van der Waals surface area contributed by atoms with Crippen LogP contribution in [-0.4, -0.2) is 14.8 Å². The molecule has 5 heteroatoms. The summed E-state index contributed by atoms with van der Waals surface area (Å²) in [5, 5.41) is 9.43. The lowest BCUT2D eigenvalue weighted by atomic mass is 10.0. The van der Waals surface area contributed by atoms with Crippen LogP contribution in [0, 0.1) is 10.7 Å². The first-order valence-corrected chi connectivity index (χ1v) is 7.63. The normalized spacial score (nSPS) is 13.1. The first kappa shape index (κ1) is 13.5. The maximum Gasteiger partial charge on any atom is 0.195 e. The molecule has 0 amide bonds. The molecular weight excluding hydrogens is 262 g/mol. The van der Waals surface area contributed by atoms with Gasteiger partial charge in [0.2, 0.25) is 0 Å². The van der Waals surface area contributed by atoms with Gasteiger partial charge in [-0.1, -0.05) is 26.8 Å². The van der Waals surface area contributed by atoms with Gasteiger partial charge >= 0.3 is 0 Å². The first-order chi connectivity index (χ1) is 8.65. The molecule has 1 unspecified atom stereocenters. The molecule has 0 saturated heterocycles. The fraction of sp³-hybridized carbons (Fsp3) is 0.538. The Kier molecular flexibility index (Phi) is 4.35. The van der Waals surface area contributed by atoms with Crippen LogP contribution in [-0.2, 0) is 6.42 Å². The molecule has 2 aromatic rings. The van der Waals surface area contributed by atoms with Crippen molar-refractivity contribution in [3.8, 4) is 0 Å². The molecule has 2 aromatic heterocycles. The Labute approximate surface area is 117 Å². The highest BCUT2D eigenvalue weighted by Crippen LogP contribution is 2.31. The Balaban J connectivity index is 2.49. The van der Waals surface area contributed by atoms with Crippen molar-refractivity contribution in [2.24, 2.45) is 5.92 Å². The zero-order chi connectivity index (χ0) is 13.1. The summed E-state index contributed by atoms with van der Waals surface area (Å²) in [5.74, 6) is 1.55. The number of hydrogen-bond acceptors (Lipinski definition) is 3. The minimum Gasteiger partial charge on any atom is -0.295 e. The van der Waals surface area contributed by atoms with Crippen LogP contribution in [0.3, 0.4) is 0 Å². The van der Waals surface area contributed by atoms with Crippen molar-refractivity contribution in [3.05, 3.63) is 33.0 Å². The van der Waals surface area contributed by atoms with Crippen molar-refractivity contribution >= 4 is 23.6 Å². The van der Waals surface area contributed by atoms with E-state index in [2.05, 4.69) is 53.0 Å². The number of rotatable bonds is 5. The van der Waals surface area contributed by atoms with Gasteiger partial charge in [-0.25, -0.2) is 0 Å². The summed E-state index contributed by atoms with van der Waals surface area (Å²) in [7, 11) is 0. The van der Waals surface area contributed by atoms with Crippen LogP contribution in [0.25, 0.3) is 0 Å². The number of nitrogens with one attached hydrogen (secondary N) is 1. The third kappa shape index (κ3) is 2.57. The van der Waals surface area contributed by atoms with Crippen molar-refractivity contribution in [1.82, 2.24) is 14.8 Å². The number of nitrogens with zero attached hydrogens (tertiary/aromatic N) is 2. The quantitative estimate of drug-likeness (QED) is 0.833. The topological polar surface area (TPSA) is 33.6 Å². The Morgan fingerprint density at radius 2 is 2.28 bits per heavy atom. The fourth-order valence-corrected chi connectivity index (χ4v) is 3.49. The average molecular weight is 281 g/mol. The molecular formula is C13H19N3S2. The molecule has 98 valence electrons. The highest BCUT2D eigenvalue weighted by atomic mass is 32.1. The molecule has 0 aliphatic carbocycles. The van der Waals surface area contributed by atoms with E-state index in [1.807, 2.05) is 0 Å². The van der Waals surface area contributed by atoms with Crippen molar-refractivity contribution in [2.75, 3.05) is 0 Å². The number of aromatic amines is 1. The Bertz CT molecular complexity index is 537. The van der Waals surface area contributed by atoms with Gasteiger partial charge in [0.1, 0.15) is 5.82 Å². The van der Waals surface area contributed by atoms with Crippen molar-refractivity contribution < 1.29 is 0 Å². The maximum atomic E-state index is 5.41. The second-order valence-electron chi connectivity index (χ2n) is 4.77. The van der Waals surface area contributed by atoms with E-state index in [9.17, 15) is 0 Å². The summed E-state index contributed by atoms with van der Waals surface area (Å²) in [6, 6.07) is 4.57. The van der Waals surface area contributed by atoms with Gasteiger partial charge in [0, 0.05) is 11.3 Å². The van der Waals surface area contributed by atoms with E-state index in [0.717, 1.165) is 23.4 Å². The molecule has 0 saturated carbocycles. The molecule has 3 nitrogen and oxygen atoms in total. The molecule has 0 radical (unpaired) electrons. The van der Waals surface area contributed by atoms with Gasteiger partial charge in [0.25, 0.3) is 0 Å². The highest BCUT2D eigenvalue weighted by molar-refractivity contribution is 7.71. The van der Waals surface area contributed by atoms with Gasteiger partial charge in [0.05, 0.1) is 6.04 Å². The van der Waals surface area contributed by atoms with Crippen molar-refractivity contribution in [2.45, 2.75) is 39.7 Å². The fourth-order valence-electron chi connectivity index (χ4n) is 2.24. The van der Waals surface area contributed by atoms with E-state index in [0.29, 0.717) is 5.92 Å². The second kappa shape index (κ2) is 5.80. The molecule has 0 aliphatic rings. The first-order valence-electron chi connectivity index (χ1n) is 6.34. The summed E-state index contributed by atoms with van der Waals surface area (Å²) in [6.45, 7) is 6.63. The molecule has 2 heterocycles. The second-order valence-corrected chi connectivity index (χ2v) is 6.14. The standard InChI is InChI=1S/C13H19N3S2/c1-4-6-11-14-15-13(17)16(11)12(9(2)3)10-7-5-8-18-10/h5,7-9,12H,4,6H2,1-3H3,(H,15,17). The van der Waals surface area contributed by atoms with Gasteiger partial charge in [-0.15, -0.1) is 11.3 Å². The minimum atomic E-state index is 0.290. The summed E-state index contributed by atoms with van der Waals surface area (Å²) >= 11 is 7.19. The van der Waals surface area contributed by atoms with Crippen LogP contribution in [0.5, 0.6) is 0 Å². The van der Waals surface area contributed by atoms with E-state index >= 15 is 0 Å². The SMILES string of the molecule is CCCc1n[nH]c(=S)n1C(c1cccs1)C(C)C. The number of aromatic nitrogens is 3. The van der Waals surface area contributed by atoms with Gasteiger partial charge in [-0.3, -0.25) is 9.67 Å². The molecule has 1 N–H and O–H groups in total. The molecule has 0 spiro atoms. The summed E-state index contributed by atoms with van der Waals surface area (Å²) in [5.41, 5.74) is 0. The van der Waals surface area contributed by atoms with Crippen LogP contribution in [0.15, 0.2) is 17.5 Å². The molecule has 0 bridgehead atoms. The average Bonchev–Trinajstić information content (AvgIpc) is 2.94. The van der Waals surface area contributed by atoms with Crippen LogP contribution in [0.2, 0.25) is 0 Å². The predicted molar refractivity (Wildman–Crippen MR) is 78.7 cm³/mol. The van der Waals surface area contributed by atoms with E-state index in [1.54, 1.807) is 11.3 Å². The molecule has 0 aliphatic heterocycles. The lowest BCUT2D eigenvalue weighted by Gasteiger charge is -2.22. The lowest BCUT2D eigenvalue weighted by molar-refractivity contribution is 0.426. The van der Waals surface area contributed by atoms with Gasteiger partial charge in [0.15, 0.2) is 4.77 Å². The molecule has 18 heavy (non-hydrogen) atoms. The summed E-state index contributed by atoms with van der Waals surface area (Å²) < 4.78 is 2.92. The largest absolute Gasteiger partial charge is 0.295 e. The zero-order valence-corrected chi connectivity index (χ0v) is 12.6. The highest BCUT2D eigenvalue weighted by Gasteiger charge is 2.22. The van der Waals surface area contributed by atoms with E-state index in [-0.39, 0.29) is 6.04 Å². The number of hydrogen-bond donors (Lipinski definition) is 1. The molecule has 0 fully saturated rings. The summed E-state index contributed by atoms with van der Waals surface area (Å²) in [6.07, 6.45) is 2.04. The Hall–Kier alpha value is -0.940. The van der Waals surface area contributed by atoms with Crippen LogP contribution >= 0.6 is 23.6 Å². The number of H-pyrrole nitrogens is 1. The van der Waals surface area contributed by atoms with E-state index < -0.39 is 0 Å². The van der Waals surface area contributed by atoms with Crippen LogP contribution < -0.4 is 0 Å². The molecule has 2 rings (SSSR count). The molecule has 0 aromatic carbocycles. The lowest BCUT2D eigenvalue weighted by Crippen LogP contribution is -2.18. The van der Waals surface area contributed by atoms with Gasteiger partial charge < -0.3 is 0 Å². The smallest absolute Gasteiger partial charge is 0.195 e. The van der Waals surface area contributed by atoms with Crippen LogP contribution in [0.4, 0.5) is 0 Å². The molecule has 1 atom stereocenters. The van der Waals surface area contributed by atoms with E-state index in [1.165, 1.54) is 4.88 Å². The number of thiophene rings is 1. The van der Waals surface area contributed by atoms with Crippen molar-refractivity contribution in [3.63, 3.8) is 0 Å². The monoisotopic (exact) mass is 281 g/mol. The third-order valence-corrected chi connectivity index (χ3v) is 4.23.